The summed E-state index contributed by atoms with van der Waals surface area (Å²) in [6, 6.07) is 4.88. The Kier molecular flexibility index (Phi) is 4.98. The van der Waals surface area contributed by atoms with Gasteiger partial charge in [0.15, 0.2) is 7.11 Å². The molecule has 1 aromatic carbocycles. The summed E-state index contributed by atoms with van der Waals surface area (Å²) in [5, 5.41) is 9.61. The third-order valence-corrected chi connectivity index (χ3v) is 2.97. The van der Waals surface area contributed by atoms with Crippen LogP contribution in [0.4, 0.5) is 0 Å². The fourth-order valence-electron chi connectivity index (χ4n) is 1.57. The molecule has 4 heteroatoms. The maximum atomic E-state index is 9.71. The maximum Gasteiger partial charge on any atom is 0.490 e. The van der Waals surface area contributed by atoms with Crippen LogP contribution in [-0.2, 0) is 11.2 Å². The van der Waals surface area contributed by atoms with Crippen molar-refractivity contribution in [3.63, 3.8) is 0 Å². The van der Waals surface area contributed by atoms with E-state index in [0.717, 1.165) is 5.56 Å². The Morgan fingerprint density at radius 2 is 2.28 bits per heavy atom. The Bertz CT molecular complexity index is 480. The third-order valence-electron chi connectivity index (χ3n) is 2.67. The molecule has 1 atom stereocenters. The van der Waals surface area contributed by atoms with E-state index < -0.39 is 0 Å². The van der Waals surface area contributed by atoms with Crippen molar-refractivity contribution in [3.05, 3.63) is 53.6 Å². The molecule has 1 rings (SSSR count). The van der Waals surface area contributed by atoms with Crippen LogP contribution in [0.3, 0.4) is 0 Å². The van der Waals surface area contributed by atoms with Crippen molar-refractivity contribution < 1.29 is 14.6 Å². The van der Waals surface area contributed by atoms with Crippen molar-refractivity contribution in [2.75, 3.05) is 7.11 Å². The second kappa shape index (κ2) is 6.26. The van der Waals surface area contributed by atoms with Crippen LogP contribution in [0.15, 0.2) is 43.0 Å². The largest absolute Gasteiger partial charge is 0.506 e. The number of halogens is 1. The van der Waals surface area contributed by atoms with Gasteiger partial charge in [0.25, 0.3) is 0 Å². The van der Waals surface area contributed by atoms with Gasteiger partial charge in [-0.25, -0.2) is 0 Å². The Hall–Kier alpha value is -1.74. The first kappa shape index (κ1) is 14.3. The molecule has 1 aromatic rings. The van der Waals surface area contributed by atoms with E-state index in [1.807, 2.05) is 0 Å². The van der Waals surface area contributed by atoms with Crippen LogP contribution in [0.25, 0.3) is 0 Å². The number of ether oxygens (including phenoxy) is 1. The number of benzene rings is 1. The van der Waals surface area contributed by atoms with E-state index in [-0.39, 0.29) is 22.7 Å². The second-order valence-corrected chi connectivity index (χ2v) is 4.27. The normalized spacial score (nSPS) is 11.7. The van der Waals surface area contributed by atoms with E-state index in [2.05, 4.69) is 13.2 Å². The van der Waals surface area contributed by atoms with Crippen LogP contribution >= 0.6 is 11.6 Å². The molecule has 3 nitrogen and oxygen atoms in total. The second-order valence-electron chi connectivity index (χ2n) is 3.86. The Morgan fingerprint density at radius 1 is 1.61 bits per heavy atom. The predicted octanol–water partition coefficient (Wildman–Crippen LogP) is 3.10. The quantitative estimate of drug-likeness (QED) is 0.506. The lowest BCUT2D eigenvalue weighted by atomic mass is 9.92. The Balaban J connectivity index is 2.95. The number of methoxy groups -OCH3 is 1. The number of esters is 1. The standard InChI is InChI=1S/C14H15ClO3/c1-4-9(2)11(14(17)18-3)7-10-5-6-13(16)12(15)8-10/h4-6,8,11,16H,1-2,7H2,3H3/p+1/t11-/m1/s1. The highest BCUT2D eigenvalue weighted by Crippen LogP contribution is 2.26. The van der Waals surface area contributed by atoms with Gasteiger partial charge in [0.1, 0.15) is 11.7 Å². The van der Waals surface area contributed by atoms with Gasteiger partial charge in [0, 0.05) is 0 Å². The van der Waals surface area contributed by atoms with Crippen LogP contribution in [0.2, 0.25) is 5.02 Å². The molecule has 96 valence electrons. The van der Waals surface area contributed by atoms with Gasteiger partial charge >= 0.3 is 5.97 Å². The molecule has 2 N–H and O–H groups in total. The first-order valence-electron chi connectivity index (χ1n) is 5.38. The zero-order chi connectivity index (χ0) is 13.7. The summed E-state index contributed by atoms with van der Waals surface area (Å²) in [7, 11) is 1.39. The molecule has 0 unspecified atom stereocenters. The number of hydrogen-bond donors (Lipinski definition) is 1. The Labute approximate surface area is 111 Å². The lowest BCUT2D eigenvalue weighted by Gasteiger charge is -2.11. The van der Waals surface area contributed by atoms with Gasteiger partial charge in [-0.2, -0.15) is 0 Å². The summed E-state index contributed by atoms with van der Waals surface area (Å²) >= 11 is 5.83. The number of phenolic OH excluding ortho intramolecular Hbond substituents is 1. The number of carbonyl (C=O) groups excluding carboxylic acids is 1. The minimum atomic E-state index is -0.381. The van der Waals surface area contributed by atoms with Crippen LogP contribution < -0.4 is 0 Å². The topological polar surface area (TPSA) is 50.9 Å². The van der Waals surface area contributed by atoms with Crippen molar-refractivity contribution in [1.29, 1.82) is 0 Å². The fraction of sp³-hybridized carbons (Fsp3) is 0.214. The molecule has 0 heterocycles. The number of hydrogen-bond acceptors (Lipinski definition) is 2. The summed E-state index contributed by atoms with van der Waals surface area (Å²) in [6.07, 6.45) is 2.03. The third kappa shape index (κ3) is 3.37. The van der Waals surface area contributed by atoms with E-state index in [9.17, 15) is 9.90 Å². The van der Waals surface area contributed by atoms with E-state index >= 15 is 0 Å². The SMILES string of the molecule is C=CC(=C)[C@@H](Cc1ccc(O)c(Cl)c1)C(=[OH+])OC. The smallest absolute Gasteiger partial charge is 0.490 e. The van der Waals surface area contributed by atoms with Gasteiger partial charge < -0.3 is 14.6 Å². The summed E-state index contributed by atoms with van der Waals surface area (Å²) in [5.41, 5.74) is 1.51. The number of allylic oxidation sites excluding steroid dienone is 1. The molecular formula is C14H16ClO3+. The maximum absolute atomic E-state index is 9.71. The minimum Gasteiger partial charge on any atom is -0.506 e. The van der Waals surface area contributed by atoms with E-state index in [0.29, 0.717) is 12.0 Å². The molecule has 0 spiro atoms. The van der Waals surface area contributed by atoms with Gasteiger partial charge in [-0.15, -0.1) is 0 Å². The molecule has 0 aromatic heterocycles. The predicted molar refractivity (Wildman–Crippen MR) is 73.6 cm³/mol. The zero-order valence-corrected chi connectivity index (χ0v) is 10.9. The van der Waals surface area contributed by atoms with E-state index in [1.54, 1.807) is 18.2 Å². The van der Waals surface area contributed by atoms with Gasteiger partial charge in [-0.1, -0.05) is 36.9 Å². The monoisotopic (exact) mass is 267 g/mol. The first-order valence-corrected chi connectivity index (χ1v) is 5.75. The lowest BCUT2D eigenvalue weighted by molar-refractivity contribution is 0.323. The molecule has 0 saturated carbocycles. The van der Waals surface area contributed by atoms with Crippen LogP contribution in [0.5, 0.6) is 5.75 Å². The highest BCUT2D eigenvalue weighted by atomic mass is 35.5. The van der Waals surface area contributed by atoms with Gasteiger partial charge in [-0.05, 0) is 29.7 Å². The molecular weight excluding hydrogens is 252 g/mol. The van der Waals surface area contributed by atoms with Crippen molar-refractivity contribution in [2.45, 2.75) is 6.42 Å². The van der Waals surface area contributed by atoms with Crippen LogP contribution in [-0.4, -0.2) is 23.0 Å². The summed E-state index contributed by atoms with van der Waals surface area (Å²) < 4.78 is 4.84. The van der Waals surface area contributed by atoms with Crippen LogP contribution in [0.1, 0.15) is 5.56 Å². The van der Waals surface area contributed by atoms with Crippen molar-refractivity contribution in [1.82, 2.24) is 0 Å². The van der Waals surface area contributed by atoms with E-state index in [1.165, 1.54) is 13.2 Å². The first-order chi connectivity index (χ1) is 8.49. The summed E-state index contributed by atoms with van der Waals surface area (Å²) in [4.78, 5) is 9.71. The molecule has 0 aliphatic carbocycles. The average molecular weight is 268 g/mol. The van der Waals surface area contributed by atoms with Crippen molar-refractivity contribution >= 4 is 17.6 Å². The number of phenols is 1. The number of rotatable bonds is 5. The molecule has 0 aliphatic heterocycles. The molecule has 0 saturated heterocycles. The molecule has 0 radical (unpaired) electrons. The summed E-state index contributed by atoms with van der Waals surface area (Å²) in [6.45, 7) is 7.44. The summed E-state index contributed by atoms with van der Waals surface area (Å²) in [5.74, 6) is -0.475. The van der Waals surface area contributed by atoms with Gasteiger partial charge in [-0.3, -0.25) is 0 Å². The van der Waals surface area contributed by atoms with Crippen molar-refractivity contribution in [3.8, 4) is 5.75 Å². The van der Waals surface area contributed by atoms with Gasteiger partial charge in [0.05, 0.1) is 5.02 Å². The molecule has 0 amide bonds. The average Bonchev–Trinajstić information content (AvgIpc) is 2.38. The van der Waals surface area contributed by atoms with E-state index in [4.69, 9.17) is 16.3 Å². The molecule has 0 bridgehead atoms. The fourth-order valence-corrected chi connectivity index (χ4v) is 1.78. The van der Waals surface area contributed by atoms with Crippen molar-refractivity contribution in [2.24, 2.45) is 5.92 Å². The zero-order valence-electron chi connectivity index (χ0n) is 10.2. The molecule has 0 fully saturated rings. The highest BCUT2D eigenvalue weighted by Gasteiger charge is 2.28. The van der Waals surface area contributed by atoms with Crippen LogP contribution in [0, 0.1) is 5.92 Å². The van der Waals surface area contributed by atoms with Gasteiger partial charge in [0.2, 0.25) is 0 Å². The lowest BCUT2D eigenvalue weighted by Crippen LogP contribution is -2.20. The Morgan fingerprint density at radius 3 is 2.78 bits per heavy atom. The number of aromatic hydroxyl groups is 1. The highest BCUT2D eigenvalue weighted by molar-refractivity contribution is 6.32. The molecule has 0 aliphatic rings. The minimum absolute atomic E-state index is 0.0273. The molecule has 18 heavy (non-hydrogen) atoms.